The summed E-state index contributed by atoms with van der Waals surface area (Å²) in [6.45, 7) is 13.0. The quantitative estimate of drug-likeness (QED) is 0.579. The summed E-state index contributed by atoms with van der Waals surface area (Å²) < 4.78 is 10.1. The largest absolute Gasteiger partial charge is 0.464 e. The lowest BCUT2D eigenvalue weighted by Gasteiger charge is -2.22. The van der Waals surface area contributed by atoms with E-state index in [1.807, 2.05) is 6.92 Å². The Labute approximate surface area is 125 Å². The summed E-state index contributed by atoms with van der Waals surface area (Å²) in [6, 6.07) is -0.714. The molecule has 0 unspecified atom stereocenters. The molecule has 116 valence electrons. The molecule has 0 aromatic carbocycles. The number of carbonyl (C=O) groups is 2. The van der Waals surface area contributed by atoms with Crippen molar-refractivity contribution >= 4 is 23.8 Å². The average molecular weight is 303 g/mol. The molecule has 0 aliphatic rings. The van der Waals surface area contributed by atoms with Crippen molar-refractivity contribution in [2.45, 2.75) is 46.3 Å². The molecule has 1 N–H and O–H groups in total. The average Bonchev–Trinajstić information content (AvgIpc) is 2.24. The van der Waals surface area contributed by atoms with Gasteiger partial charge in [0.1, 0.15) is 11.6 Å². The predicted octanol–water partition coefficient (Wildman–Crippen LogP) is 2.75. The highest BCUT2D eigenvalue weighted by Crippen LogP contribution is 2.11. The number of hydrogen-bond donors (Lipinski definition) is 1. The number of hydrogen-bond acceptors (Lipinski definition) is 5. The Hall–Kier alpha value is -1.17. The Kier molecular flexibility index (Phi) is 8.37. The maximum Gasteiger partial charge on any atom is 0.408 e. The van der Waals surface area contributed by atoms with E-state index in [0.29, 0.717) is 5.75 Å². The maximum atomic E-state index is 11.8. The molecule has 1 amide bonds. The van der Waals surface area contributed by atoms with E-state index >= 15 is 0 Å². The van der Waals surface area contributed by atoms with E-state index in [0.717, 1.165) is 11.3 Å². The first-order valence-electron chi connectivity index (χ1n) is 6.54. The predicted molar refractivity (Wildman–Crippen MR) is 81.9 cm³/mol. The molecule has 20 heavy (non-hydrogen) atoms. The van der Waals surface area contributed by atoms with Crippen LogP contribution in [0, 0.1) is 0 Å². The first kappa shape index (κ1) is 18.8. The Morgan fingerprint density at radius 3 is 2.40 bits per heavy atom. The van der Waals surface area contributed by atoms with Crippen LogP contribution in [0.5, 0.6) is 0 Å². The van der Waals surface area contributed by atoms with Crippen LogP contribution in [0.2, 0.25) is 0 Å². The molecule has 0 aromatic rings. The molecule has 6 heteroatoms. The van der Waals surface area contributed by atoms with Crippen LogP contribution in [0.3, 0.4) is 0 Å². The van der Waals surface area contributed by atoms with Crippen molar-refractivity contribution in [1.82, 2.24) is 5.32 Å². The third-order valence-electron chi connectivity index (χ3n) is 1.90. The van der Waals surface area contributed by atoms with Gasteiger partial charge in [-0.25, -0.2) is 9.59 Å². The third-order valence-corrected chi connectivity index (χ3v) is 3.16. The molecular weight excluding hydrogens is 278 g/mol. The summed E-state index contributed by atoms with van der Waals surface area (Å²) in [4.78, 5) is 23.5. The molecule has 0 bridgehead atoms. The van der Waals surface area contributed by atoms with Crippen molar-refractivity contribution in [2.75, 3.05) is 18.1 Å². The van der Waals surface area contributed by atoms with Crippen LogP contribution in [0.4, 0.5) is 4.79 Å². The van der Waals surface area contributed by atoms with Crippen molar-refractivity contribution in [2.24, 2.45) is 0 Å². The van der Waals surface area contributed by atoms with Crippen molar-refractivity contribution < 1.29 is 19.1 Å². The van der Waals surface area contributed by atoms with Gasteiger partial charge < -0.3 is 14.8 Å². The lowest BCUT2D eigenvalue weighted by molar-refractivity contribution is -0.145. The van der Waals surface area contributed by atoms with Crippen molar-refractivity contribution in [3.05, 3.63) is 12.2 Å². The highest BCUT2D eigenvalue weighted by atomic mass is 32.2. The molecule has 0 saturated carbocycles. The number of carbonyl (C=O) groups excluding carboxylic acids is 2. The second-order valence-electron chi connectivity index (χ2n) is 5.42. The molecule has 0 spiro atoms. The van der Waals surface area contributed by atoms with Gasteiger partial charge in [-0.2, -0.15) is 11.8 Å². The maximum absolute atomic E-state index is 11.8. The van der Waals surface area contributed by atoms with E-state index in [9.17, 15) is 9.59 Å². The number of rotatable bonds is 7. The summed E-state index contributed by atoms with van der Waals surface area (Å²) in [5, 5.41) is 2.55. The number of esters is 1. The number of nitrogens with one attached hydrogen (secondary N) is 1. The molecule has 0 aliphatic heterocycles. The highest BCUT2D eigenvalue weighted by Gasteiger charge is 2.25. The van der Waals surface area contributed by atoms with Crippen LogP contribution in [0.25, 0.3) is 0 Å². The summed E-state index contributed by atoms with van der Waals surface area (Å²) in [5.74, 6) is 0.698. The van der Waals surface area contributed by atoms with E-state index in [1.54, 1.807) is 27.7 Å². The lowest BCUT2D eigenvalue weighted by atomic mass is 10.2. The molecule has 0 aromatic heterocycles. The second-order valence-corrected chi connectivity index (χ2v) is 6.45. The minimum atomic E-state index is -0.714. The molecule has 0 heterocycles. The number of amides is 1. The van der Waals surface area contributed by atoms with E-state index in [1.165, 1.54) is 11.8 Å². The Bertz CT molecular complexity index is 350. The summed E-state index contributed by atoms with van der Waals surface area (Å²) in [5.41, 5.74) is 0.406. The SMILES string of the molecule is C=C(C)CSC[C@@H](NC(=O)OC(C)(C)C)C(=O)OCC. The fraction of sp³-hybridized carbons (Fsp3) is 0.714. The van der Waals surface area contributed by atoms with Gasteiger partial charge in [-0.3, -0.25) is 0 Å². The fourth-order valence-electron chi connectivity index (χ4n) is 1.21. The van der Waals surface area contributed by atoms with Crippen molar-refractivity contribution in [1.29, 1.82) is 0 Å². The zero-order valence-electron chi connectivity index (χ0n) is 12.9. The number of thioether (sulfide) groups is 1. The zero-order valence-corrected chi connectivity index (χ0v) is 13.8. The van der Waals surface area contributed by atoms with Crippen LogP contribution in [0.15, 0.2) is 12.2 Å². The van der Waals surface area contributed by atoms with E-state index in [2.05, 4.69) is 11.9 Å². The molecule has 0 rings (SSSR count). The minimum Gasteiger partial charge on any atom is -0.464 e. The third kappa shape index (κ3) is 9.72. The van der Waals surface area contributed by atoms with Gasteiger partial charge in [-0.15, -0.1) is 0 Å². The van der Waals surface area contributed by atoms with Crippen molar-refractivity contribution in [3.63, 3.8) is 0 Å². The van der Waals surface area contributed by atoms with Crippen LogP contribution < -0.4 is 5.32 Å². The van der Waals surface area contributed by atoms with E-state index < -0.39 is 23.7 Å². The number of ether oxygens (including phenoxy) is 2. The molecule has 5 nitrogen and oxygen atoms in total. The molecule has 0 fully saturated rings. The number of alkyl carbamates (subject to hydrolysis) is 1. The normalized spacial score (nSPS) is 12.4. The zero-order chi connectivity index (χ0) is 15.8. The van der Waals surface area contributed by atoms with Crippen molar-refractivity contribution in [3.8, 4) is 0 Å². The molecule has 0 radical (unpaired) electrons. The summed E-state index contributed by atoms with van der Waals surface area (Å²) in [7, 11) is 0. The van der Waals surface area contributed by atoms with Crippen LogP contribution in [-0.4, -0.2) is 41.8 Å². The Balaban J connectivity index is 4.48. The van der Waals surface area contributed by atoms with Gasteiger partial charge in [-0.1, -0.05) is 12.2 Å². The second kappa shape index (κ2) is 8.89. The van der Waals surface area contributed by atoms with Gasteiger partial charge in [0.05, 0.1) is 6.61 Å². The van der Waals surface area contributed by atoms with E-state index in [-0.39, 0.29) is 6.61 Å². The topological polar surface area (TPSA) is 64.6 Å². The van der Waals surface area contributed by atoms with Gasteiger partial charge in [0.25, 0.3) is 0 Å². The van der Waals surface area contributed by atoms with Crippen LogP contribution in [-0.2, 0) is 14.3 Å². The molecule has 0 aliphatic carbocycles. The summed E-state index contributed by atoms with van der Waals surface area (Å²) >= 11 is 1.51. The molecular formula is C14H25NO4S. The molecule has 1 atom stereocenters. The smallest absolute Gasteiger partial charge is 0.408 e. The van der Waals surface area contributed by atoms with E-state index in [4.69, 9.17) is 9.47 Å². The lowest BCUT2D eigenvalue weighted by Crippen LogP contribution is -2.45. The van der Waals surface area contributed by atoms with Crippen LogP contribution in [0.1, 0.15) is 34.6 Å². The Morgan fingerprint density at radius 1 is 1.35 bits per heavy atom. The monoisotopic (exact) mass is 303 g/mol. The van der Waals surface area contributed by atoms with Gasteiger partial charge in [0.15, 0.2) is 0 Å². The first-order chi connectivity index (χ1) is 9.15. The van der Waals surface area contributed by atoms with Gasteiger partial charge in [0.2, 0.25) is 0 Å². The van der Waals surface area contributed by atoms with Gasteiger partial charge in [0, 0.05) is 11.5 Å². The molecule has 0 saturated heterocycles. The first-order valence-corrected chi connectivity index (χ1v) is 7.69. The standard InChI is InChI=1S/C14H25NO4S/c1-7-18-12(16)11(9-20-8-10(2)3)15-13(17)19-14(4,5)6/h11H,2,7-9H2,1,3-6H3,(H,15,17)/t11-/m1/s1. The minimum absolute atomic E-state index is 0.274. The Morgan fingerprint density at radius 2 is 1.95 bits per heavy atom. The van der Waals surface area contributed by atoms with Gasteiger partial charge >= 0.3 is 12.1 Å². The summed E-state index contributed by atoms with van der Waals surface area (Å²) in [6.07, 6.45) is -0.619. The van der Waals surface area contributed by atoms with Crippen LogP contribution >= 0.6 is 11.8 Å². The fourth-order valence-corrected chi connectivity index (χ4v) is 2.13. The van der Waals surface area contributed by atoms with Gasteiger partial charge in [-0.05, 0) is 34.6 Å². The highest BCUT2D eigenvalue weighted by molar-refractivity contribution is 7.99.